The fourth-order valence-corrected chi connectivity index (χ4v) is 3.84. The van der Waals surface area contributed by atoms with Crippen LogP contribution in [0.2, 0.25) is 0 Å². The monoisotopic (exact) mass is 293 g/mol. The van der Waals surface area contributed by atoms with E-state index >= 15 is 0 Å². The summed E-state index contributed by atoms with van der Waals surface area (Å²) < 4.78 is 0. The Morgan fingerprint density at radius 2 is 2.05 bits per heavy atom. The van der Waals surface area contributed by atoms with E-state index in [0.717, 1.165) is 33.5 Å². The molecule has 0 fully saturated rings. The van der Waals surface area contributed by atoms with Crippen LogP contribution in [0.15, 0.2) is 10.2 Å². The largest absolute Gasteiger partial charge is 0.305 e. The Kier molecular flexibility index (Phi) is 3.02. The van der Waals surface area contributed by atoms with Crippen molar-refractivity contribution in [3.8, 4) is 11.5 Å². The topological polar surface area (TPSA) is 58.6 Å². The number of H-pyrrole nitrogens is 1. The second-order valence-corrected chi connectivity index (χ2v) is 7.46. The van der Waals surface area contributed by atoms with Gasteiger partial charge in [-0.1, -0.05) is 20.8 Å². The number of hydrogen-bond donors (Lipinski definition) is 1. The van der Waals surface area contributed by atoms with Crippen LogP contribution in [0, 0.1) is 0 Å². The highest BCUT2D eigenvalue weighted by atomic mass is 32.2. The molecule has 19 heavy (non-hydrogen) atoms. The molecule has 3 rings (SSSR count). The van der Waals surface area contributed by atoms with Gasteiger partial charge in [0, 0.05) is 27.9 Å². The van der Waals surface area contributed by atoms with Gasteiger partial charge in [-0.05, 0) is 0 Å². The number of thioether (sulfide) groups is 1. The molecule has 1 aliphatic heterocycles. The lowest BCUT2D eigenvalue weighted by molar-refractivity contribution is 0.586. The highest BCUT2D eigenvalue weighted by Crippen LogP contribution is 2.30. The van der Waals surface area contributed by atoms with E-state index in [4.69, 9.17) is 0 Å². The molecule has 0 saturated heterocycles. The second kappa shape index (κ2) is 4.45. The van der Waals surface area contributed by atoms with Crippen LogP contribution in [0.1, 0.15) is 37.0 Å². The molecule has 6 heteroatoms. The van der Waals surface area contributed by atoms with Gasteiger partial charge < -0.3 is 4.98 Å². The molecule has 2 aromatic heterocycles. The van der Waals surface area contributed by atoms with E-state index in [-0.39, 0.29) is 11.0 Å². The molecular weight excluding hydrogens is 278 g/mol. The van der Waals surface area contributed by atoms with Crippen molar-refractivity contribution in [2.24, 2.45) is 0 Å². The minimum atomic E-state index is -0.0182. The van der Waals surface area contributed by atoms with Gasteiger partial charge in [0.05, 0.1) is 10.7 Å². The lowest BCUT2D eigenvalue weighted by atomic mass is 9.98. The van der Waals surface area contributed by atoms with Crippen LogP contribution in [0.4, 0.5) is 0 Å². The first kappa shape index (κ1) is 12.9. The molecule has 0 aliphatic carbocycles. The number of fused-ring (bicyclic) bond motifs is 1. The van der Waals surface area contributed by atoms with E-state index in [2.05, 4.69) is 35.7 Å². The van der Waals surface area contributed by atoms with Crippen molar-refractivity contribution in [2.75, 3.05) is 0 Å². The van der Waals surface area contributed by atoms with E-state index in [0.29, 0.717) is 5.82 Å². The van der Waals surface area contributed by atoms with E-state index in [1.165, 1.54) is 0 Å². The first-order valence-electron chi connectivity index (χ1n) is 6.11. The zero-order valence-corrected chi connectivity index (χ0v) is 12.7. The maximum Gasteiger partial charge on any atom is 0.255 e. The molecule has 0 bridgehead atoms. The highest BCUT2D eigenvalue weighted by molar-refractivity contribution is 7.98. The molecule has 0 saturated carbocycles. The number of hydrogen-bond acceptors (Lipinski definition) is 5. The molecule has 1 aliphatic rings. The van der Waals surface area contributed by atoms with Gasteiger partial charge in [0.2, 0.25) is 0 Å². The maximum atomic E-state index is 12.0. The van der Waals surface area contributed by atoms with Crippen LogP contribution in [-0.4, -0.2) is 15.0 Å². The molecule has 2 aromatic rings. The number of aromatic nitrogens is 3. The quantitative estimate of drug-likeness (QED) is 0.878. The Balaban J connectivity index is 2.06. The molecule has 0 spiro atoms. The maximum absolute atomic E-state index is 12.0. The highest BCUT2D eigenvalue weighted by Gasteiger charge is 2.21. The van der Waals surface area contributed by atoms with Gasteiger partial charge in [0.1, 0.15) is 5.69 Å². The summed E-state index contributed by atoms with van der Waals surface area (Å²) in [5, 5.41) is 3.02. The van der Waals surface area contributed by atoms with Crippen LogP contribution >= 0.6 is 23.1 Å². The summed E-state index contributed by atoms with van der Waals surface area (Å²) in [7, 11) is 0. The third kappa shape index (κ3) is 2.34. The van der Waals surface area contributed by atoms with Crippen molar-refractivity contribution in [3.05, 3.63) is 32.0 Å². The van der Waals surface area contributed by atoms with Gasteiger partial charge in [0.15, 0.2) is 5.82 Å². The number of nitrogens with zero attached hydrogens (tertiary/aromatic N) is 2. The molecule has 0 amide bonds. The number of nitrogens with one attached hydrogen (secondary N) is 1. The van der Waals surface area contributed by atoms with E-state index < -0.39 is 0 Å². The fraction of sp³-hybridized carbons (Fsp3) is 0.462. The summed E-state index contributed by atoms with van der Waals surface area (Å²) >= 11 is 3.34. The Bertz CT molecular complexity index is 682. The van der Waals surface area contributed by atoms with E-state index in [1.54, 1.807) is 23.1 Å². The van der Waals surface area contributed by atoms with Crippen molar-refractivity contribution in [1.82, 2.24) is 15.0 Å². The minimum Gasteiger partial charge on any atom is -0.305 e. The van der Waals surface area contributed by atoms with E-state index in [1.807, 2.05) is 5.38 Å². The van der Waals surface area contributed by atoms with Gasteiger partial charge in [-0.2, -0.15) is 11.8 Å². The average molecular weight is 293 g/mol. The molecule has 100 valence electrons. The molecule has 4 nitrogen and oxygen atoms in total. The molecule has 0 atom stereocenters. The summed E-state index contributed by atoms with van der Waals surface area (Å²) in [6.45, 7) is 6.39. The normalized spacial score (nSPS) is 14.7. The summed E-state index contributed by atoms with van der Waals surface area (Å²) in [4.78, 5) is 24.0. The smallest absolute Gasteiger partial charge is 0.255 e. The van der Waals surface area contributed by atoms with Gasteiger partial charge in [-0.3, -0.25) is 4.79 Å². The third-order valence-corrected chi connectivity index (χ3v) is 5.21. The number of aromatic amines is 1. The molecule has 0 radical (unpaired) electrons. The third-order valence-electron chi connectivity index (χ3n) is 2.97. The van der Waals surface area contributed by atoms with Crippen molar-refractivity contribution >= 4 is 23.1 Å². The summed E-state index contributed by atoms with van der Waals surface area (Å²) in [6, 6.07) is 0. The Morgan fingerprint density at radius 3 is 2.74 bits per heavy atom. The minimum absolute atomic E-state index is 0.0182. The zero-order chi connectivity index (χ0) is 13.6. The van der Waals surface area contributed by atoms with Crippen LogP contribution in [-0.2, 0) is 16.9 Å². The lowest BCUT2D eigenvalue weighted by Gasteiger charge is -2.13. The molecular formula is C13H15N3OS2. The van der Waals surface area contributed by atoms with Gasteiger partial charge in [-0.25, -0.2) is 9.97 Å². The molecule has 1 N–H and O–H groups in total. The van der Waals surface area contributed by atoms with E-state index in [9.17, 15) is 4.79 Å². The first-order valence-corrected chi connectivity index (χ1v) is 8.15. The molecule has 0 unspecified atom stereocenters. The standard InChI is InChI=1S/C13H15N3OS2/c1-13(2,3)12-15-9(6-19-12)10-14-8-5-18-4-7(8)11(17)16-10/h6H,4-5H2,1-3H3,(H,14,16,17). The van der Waals surface area contributed by atoms with Crippen molar-refractivity contribution in [3.63, 3.8) is 0 Å². The SMILES string of the molecule is CC(C)(C)c1nc(-c2nc3c(c(=O)[nH]2)CSC3)cs1. The van der Waals surface area contributed by atoms with Crippen molar-refractivity contribution in [2.45, 2.75) is 37.7 Å². The average Bonchev–Trinajstić information content (AvgIpc) is 2.96. The number of rotatable bonds is 1. The lowest BCUT2D eigenvalue weighted by Crippen LogP contribution is -2.15. The van der Waals surface area contributed by atoms with Crippen molar-refractivity contribution < 1.29 is 0 Å². The van der Waals surface area contributed by atoms with Crippen LogP contribution in [0.3, 0.4) is 0 Å². The van der Waals surface area contributed by atoms with Gasteiger partial charge in [-0.15, -0.1) is 11.3 Å². The predicted molar refractivity (Wildman–Crippen MR) is 79.7 cm³/mol. The van der Waals surface area contributed by atoms with Gasteiger partial charge in [0.25, 0.3) is 5.56 Å². The summed E-state index contributed by atoms with van der Waals surface area (Å²) in [5.41, 5.74) is 2.51. The van der Waals surface area contributed by atoms with Crippen LogP contribution < -0.4 is 5.56 Å². The predicted octanol–water partition coefficient (Wildman–Crippen LogP) is 2.94. The molecule has 3 heterocycles. The van der Waals surface area contributed by atoms with Gasteiger partial charge >= 0.3 is 0 Å². The summed E-state index contributed by atoms with van der Waals surface area (Å²) in [5.74, 6) is 2.18. The Labute approximate surface area is 119 Å². The second-order valence-electron chi connectivity index (χ2n) is 5.62. The van der Waals surface area contributed by atoms with Crippen molar-refractivity contribution in [1.29, 1.82) is 0 Å². The Morgan fingerprint density at radius 1 is 1.26 bits per heavy atom. The fourth-order valence-electron chi connectivity index (χ4n) is 1.91. The summed E-state index contributed by atoms with van der Waals surface area (Å²) in [6.07, 6.45) is 0. The van der Waals surface area contributed by atoms with Crippen LogP contribution in [0.25, 0.3) is 11.5 Å². The Hall–Kier alpha value is -1.14. The zero-order valence-electron chi connectivity index (χ0n) is 11.1. The van der Waals surface area contributed by atoms with Crippen LogP contribution in [0.5, 0.6) is 0 Å². The first-order chi connectivity index (χ1) is 8.95. The number of thiazole rings is 1. The molecule has 0 aromatic carbocycles.